The largest absolute Gasteiger partial charge is 0.228 e. The van der Waals surface area contributed by atoms with E-state index in [-0.39, 0.29) is 5.41 Å². The molecule has 12 rings (SSSR count). The Morgan fingerprint density at radius 1 is 0.292 bits per heavy atom. The van der Waals surface area contributed by atoms with Crippen LogP contribution in [0.2, 0.25) is 0 Å². The first kappa shape index (κ1) is 38.5. The first-order valence-corrected chi connectivity index (χ1v) is 22.5. The number of benzene rings is 10. The summed E-state index contributed by atoms with van der Waals surface area (Å²) in [5, 5.41) is 4.88. The lowest BCUT2D eigenvalue weighted by atomic mass is 9.81. The van der Waals surface area contributed by atoms with Crippen LogP contribution in [0.25, 0.3) is 111 Å². The first-order chi connectivity index (χ1) is 32.0. The molecule has 2 heteroatoms. The molecule has 0 radical (unpaired) electrons. The fourth-order valence-electron chi connectivity index (χ4n) is 10.2. The van der Waals surface area contributed by atoms with E-state index >= 15 is 0 Å². The van der Waals surface area contributed by atoms with E-state index in [4.69, 9.17) is 9.97 Å². The summed E-state index contributed by atoms with van der Waals surface area (Å²) < 4.78 is 0. The standard InChI is InChI=1S/C63H44N2/c1-63(2)56-24-14-13-23-54(56)55-38-35-49(39-57(55)63)41-25-27-44(28-26-41)52-36-33-42-15-9-11-21-50(42)60(52)61-51-22-12-10-16-43(51)34-37-53(61)45-29-31-47(32-30-45)59-40-58(46-17-5-3-6-18-46)64-62(65-59)48-19-7-4-8-20-48/h3-40H,1-2H3. The Balaban J connectivity index is 0.979. The van der Waals surface area contributed by atoms with Crippen molar-refractivity contribution in [3.05, 3.63) is 242 Å². The molecule has 0 saturated carbocycles. The second-order valence-electron chi connectivity index (χ2n) is 17.7. The van der Waals surface area contributed by atoms with E-state index in [0.717, 1.165) is 33.6 Å². The Labute approximate surface area is 380 Å². The Kier molecular flexibility index (Phi) is 9.21. The van der Waals surface area contributed by atoms with Crippen LogP contribution >= 0.6 is 0 Å². The van der Waals surface area contributed by atoms with Crippen LogP contribution in [0.15, 0.2) is 231 Å². The van der Waals surface area contributed by atoms with Crippen LogP contribution in [0.4, 0.5) is 0 Å². The molecule has 2 nitrogen and oxygen atoms in total. The number of hydrogen-bond donors (Lipinski definition) is 0. The van der Waals surface area contributed by atoms with E-state index in [1.54, 1.807) is 0 Å². The molecule has 0 spiro atoms. The van der Waals surface area contributed by atoms with Crippen LogP contribution in [0, 0.1) is 0 Å². The number of fused-ring (bicyclic) bond motifs is 5. The second-order valence-corrected chi connectivity index (χ2v) is 17.7. The Hall–Kier alpha value is -8.20. The zero-order valence-corrected chi connectivity index (χ0v) is 36.3. The van der Waals surface area contributed by atoms with E-state index in [9.17, 15) is 0 Å². The van der Waals surface area contributed by atoms with E-state index in [0.29, 0.717) is 5.82 Å². The first-order valence-electron chi connectivity index (χ1n) is 22.5. The van der Waals surface area contributed by atoms with Crippen molar-refractivity contribution in [3.63, 3.8) is 0 Å². The van der Waals surface area contributed by atoms with Gasteiger partial charge in [-0.05, 0) is 100 Å². The predicted octanol–water partition coefficient (Wildman–Crippen LogP) is 16.8. The summed E-state index contributed by atoms with van der Waals surface area (Å²) in [6.07, 6.45) is 0. The van der Waals surface area contributed by atoms with E-state index in [2.05, 4.69) is 220 Å². The van der Waals surface area contributed by atoms with Crippen molar-refractivity contribution in [1.29, 1.82) is 0 Å². The molecule has 0 unspecified atom stereocenters. The van der Waals surface area contributed by atoms with Crippen LogP contribution in [0.3, 0.4) is 0 Å². The molecular weight excluding hydrogens is 785 g/mol. The zero-order chi connectivity index (χ0) is 43.5. The third-order valence-corrected chi connectivity index (χ3v) is 13.5. The van der Waals surface area contributed by atoms with Gasteiger partial charge in [0.25, 0.3) is 0 Å². The van der Waals surface area contributed by atoms with Gasteiger partial charge in [0.15, 0.2) is 5.82 Å². The lowest BCUT2D eigenvalue weighted by Crippen LogP contribution is -2.14. The van der Waals surface area contributed by atoms with Crippen LogP contribution < -0.4 is 0 Å². The Morgan fingerprint density at radius 3 is 1.32 bits per heavy atom. The van der Waals surface area contributed by atoms with Crippen LogP contribution in [-0.4, -0.2) is 9.97 Å². The molecule has 1 aliphatic rings. The van der Waals surface area contributed by atoms with E-state index < -0.39 is 0 Å². The number of aromatic nitrogens is 2. The highest BCUT2D eigenvalue weighted by Gasteiger charge is 2.35. The fourth-order valence-corrected chi connectivity index (χ4v) is 10.2. The second kappa shape index (κ2) is 15.6. The third kappa shape index (κ3) is 6.65. The summed E-state index contributed by atoms with van der Waals surface area (Å²) in [5.41, 5.74) is 19.9. The van der Waals surface area contributed by atoms with Crippen molar-refractivity contribution >= 4 is 21.5 Å². The maximum absolute atomic E-state index is 5.13. The highest BCUT2D eigenvalue weighted by molar-refractivity contribution is 6.15. The van der Waals surface area contributed by atoms with E-state index in [1.807, 2.05) is 24.3 Å². The van der Waals surface area contributed by atoms with Gasteiger partial charge in [0.2, 0.25) is 0 Å². The Bertz CT molecular complexity index is 3530. The molecule has 0 N–H and O–H groups in total. The van der Waals surface area contributed by atoms with Gasteiger partial charge in [0, 0.05) is 22.1 Å². The predicted molar refractivity (Wildman–Crippen MR) is 273 cm³/mol. The fraction of sp³-hybridized carbons (Fsp3) is 0.0476. The molecule has 1 aliphatic carbocycles. The van der Waals surface area contributed by atoms with Crippen LogP contribution in [0.5, 0.6) is 0 Å². The van der Waals surface area contributed by atoms with Crippen molar-refractivity contribution in [2.75, 3.05) is 0 Å². The summed E-state index contributed by atoms with van der Waals surface area (Å²) in [7, 11) is 0. The number of rotatable bonds is 7. The minimum atomic E-state index is -0.0495. The van der Waals surface area contributed by atoms with Gasteiger partial charge in [-0.3, -0.25) is 0 Å². The smallest absolute Gasteiger partial charge is 0.160 e. The number of nitrogens with zero attached hydrogens (tertiary/aromatic N) is 2. The quantitative estimate of drug-likeness (QED) is 0.160. The highest BCUT2D eigenvalue weighted by Crippen LogP contribution is 2.50. The molecule has 306 valence electrons. The maximum Gasteiger partial charge on any atom is 0.160 e. The molecule has 0 atom stereocenters. The summed E-state index contributed by atoms with van der Waals surface area (Å²) in [5.74, 6) is 0.710. The SMILES string of the molecule is CC1(C)c2ccccc2-c2ccc(-c3ccc(-c4ccc5ccccc5c4-c4c(-c5ccc(-c6cc(-c7ccccc7)nc(-c7ccccc7)n6)cc5)ccc5ccccc45)cc3)cc21. The molecule has 0 saturated heterocycles. The average molecular weight is 829 g/mol. The summed E-state index contributed by atoms with van der Waals surface area (Å²) in [6.45, 7) is 4.70. The molecule has 0 fully saturated rings. The molecule has 0 amide bonds. The van der Waals surface area contributed by atoms with Gasteiger partial charge in [-0.15, -0.1) is 0 Å². The van der Waals surface area contributed by atoms with E-state index in [1.165, 1.54) is 82.7 Å². The minimum absolute atomic E-state index is 0.0495. The summed E-state index contributed by atoms with van der Waals surface area (Å²) in [6, 6.07) is 83.5. The van der Waals surface area contributed by atoms with Crippen molar-refractivity contribution < 1.29 is 0 Å². The molecule has 0 bridgehead atoms. The molecule has 10 aromatic carbocycles. The topological polar surface area (TPSA) is 25.8 Å². The van der Waals surface area contributed by atoms with Crippen molar-refractivity contribution in [2.24, 2.45) is 0 Å². The Morgan fingerprint density at radius 2 is 0.723 bits per heavy atom. The lowest BCUT2D eigenvalue weighted by Gasteiger charge is -2.22. The van der Waals surface area contributed by atoms with Gasteiger partial charge < -0.3 is 0 Å². The zero-order valence-electron chi connectivity index (χ0n) is 36.3. The molecular formula is C63H44N2. The van der Waals surface area contributed by atoms with Crippen molar-refractivity contribution in [3.8, 4) is 89.5 Å². The van der Waals surface area contributed by atoms with Gasteiger partial charge in [0.05, 0.1) is 11.4 Å². The molecule has 1 heterocycles. The average Bonchev–Trinajstić information content (AvgIpc) is 3.61. The summed E-state index contributed by atoms with van der Waals surface area (Å²) >= 11 is 0. The van der Waals surface area contributed by atoms with Crippen molar-refractivity contribution in [2.45, 2.75) is 19.3 Å². The van der Waals surface area contributed by atoms with Gasteiger partial charge in [0.1, 0.15) is 0 Å². The third-order valence-electron chi connectivity index (χ3n) is 13.5. The van der Waals surface area contributed by atoms with Gasteiger partial charge in [-0.2, -0.15) is 0 Å². The molecule has 1 aromatic heterocycles. The minimum Gasteiger partial charge on any atom is -0.228 e. The highest BCUT2D eigenvalue weighted by atomic mass is 14.9. The van der Waals surface area contributed by atoms with Gasteiger partial charge >= 0.3 is 0 Å². The maximum atomic E-state index is 5.13. The normalized spacial score (nSPS) is 12.6. The molecule has 11 aromatic rings. The van der Waals surface area contributed by atoms with Crippen LogP contribution in [-0.2, 0) is 5.41 Å². The van der Waals surface area contributed by atoms with Crippen LogP contribution in [0.1, 0.15) is 25.0 Å². The summed E-state index contributed by atoms with van der Waals surface area (Å²) in [4.78, 5) is 10.2. The van der Waals surface area contributed by atoms with Crippen molar-refractivity contribution in [1.82, 2.24) is 9.97 Å². The number of hydrogen-bond acceptors (Lipinski definition) is 2. The van der Waals surface area contributed by atoms with Gasteiger partial charge in [-0.1, -0.05) is 232 Å². The molecule has 0 aliphatic heterocycles. The molecule has 65 heavy (non-hydrogen) atoms. The van der Waals surface area contributed by atoms with Gasteiger partial charge in [-0.25, -0.2) is 9.97 Å². The lowest BCUT2D eigenvalue weighted by molar-refractivity contribution is 0.660. The monoisotopic (exact) mass is 828 g/mol.